The van der Waals surface area contributed by atoms with Crippen molar-refractivity contribution in [2.45, 2.75) is 39.2 Å². The number of nitrogens with zero attached hydrogens (tertiary/aromatic N) is 1. The second kappa shape index (κ2) is 6.93. The minimum Gasteiger partial charge on any atom is -0.312 e. The first-order valence-corrected chi connectivity index (χ1v) is 7.47. The van der Waals surface area contributed by atoms with E-state index in [4.69, 9.17) is 16.9 Å². The molecule has 2 rings (SSSR count). The lowest BCUT2D eigenvalue weighted by Gasteiger charge is -2.29. The van der Waals surface area contributed by atoms with E-state index in [1.807, 2.05) is 12.1 Å². The highest BCUT2D eigenvalue weighted by Gasteiger charge is 2.20. The summed E-state index contributed by atoms with van der Waals surface area (Å²) in [5, 5.41) is 13.0. The molecule has 0 amide bonds. The van der Waals surface area contributed by atoms with Crippen molar-refractivity contribution < 1.29 is 0 Å². The first-order valence-electron chi connectivity index (χ1n) is 7.10. The van der Waals surface area contributed by atoms with Crippen molar-refractivity contribution in [3.05, 3.63) is 34.3 Å². The van der Waals surface area contributed by atoms with Gasteiger partial charge in [-0.25, -0.2) is 0 Å². The highest BCUT2D eigenvalue weighted by Crippen LogP contribution is 2.29. The standard InChI is InChI=1S/C16H21ClN2/c1-12-4-2-3-5-14(12)10-19-11-15-7-6-13(9-18)8-16(15)17/h6-8,12,14,19H,2-5,10-11H2,1H3. The molecule has 1 saturated carbocycles. The van der Waals surface area contributed by atoms with Crippen LogP contribution in [0.25, 0.3) is 0 Å². The van der Waals surface area contributed by atoms with Gasteiger partial charge in [-0.1, -0.05) is 43.9 Å². The molecule has 0 aliphatic heterocycles. The number of rotatable bonds is 4. The van der Waals surface area contributed by atoms with Crippen LogP contribution < -0.4 is 5.32 Å². The van der Waals surface area contributed by atoms with Crippen LogP contribution in [0.3, 0.4) is 0 Å². The second-order valence-electron chi connectivity index (χ2n) is 5.57. The Bertz CT molecular complexity index is 464. The number of halogens is 1. The van der Waals surface area contributed by atoms with E-state index in [1.165, 1.54) is 25.7 Å². The molecule has 1 aliphatic carbocycles. The maximum absolute atomic E-state index is 8.80. The molecular formula is C16H21ClN2. The van der Waals surface area contributed by atoms with Gasteiger partial charge in [0, 0.05) is 11.6 Å². The fraction of sp³-hybridized carbons (Fsp3) is 0.562. The zero-order valence-corrected chi connectivity index (χ0v) is 12.2. The summed E-state index contributed by atoms with van der Waals surface area (Å²) in [6, 6.07) is 7.61. The van der Waals surface area contributed by atoms with E-state index >= 15 is 0 Å². The molecule has 0 heterocycles. The summed E-state index contributed by atoms with van der Waals surface area (Å²) in [5.41, 5.74) is 1.69. The Morgan fingerprint density at radius 3 is 2.84 bits per heavy atom. The van der Waals surface area contributed by atoms with Crippen LogP contribution >= 0.6 is 11.6 Å². The lowest BCUT2D eigenvalue weighted by atomic mass is 9.80. The number of benzene rings is 1. The van der Waals surface area contributed by atoms with E-state index in [0.717, 1.165) is 30.5 Å². The number of nitrogens with one attached hydrogen (secondary N) is 1. The molecule has 102 valence electrons. The fourth-order valence-electron chi connectivity index (χ4n) is 2.85. The monoisotopic (exact) mass is 276 g/mol. The Morgan fingerprint density at radius 2 is 2.16 bits per heavy atom. The van der Waals surface area contributed by atoms with Crippen molar-refractivity contribution >= 4 is 11.6 Å². The topological polar surface area (TPSA) is 35.8 Å². The highest BCUT2D eigenvalue weighted by atomic mass is 35.5. The third-order valence-corrected chi connectivity index (χ3v) is 4.55. The Labute approximate surface area is 120 Å². The van der Waals surface area contributed by atoms with Crippen LogP contribution in [0, 0.1) is 23.2 Å². The average Bonchev–Trinajstić information content (AvgIpc) is 2.42. The Balaban J connectivity index is 1.84. The summed E-state index contributed by atoms with van der Waals surface area (Å²) in [6.07, 6.45) is 5.46. The Morgan fingerprint density at radius 1 is 1.37 bits per heavy atom. The van der Waals surface area contributed by atoms with Crippen molar-refractivity contribution in [2.75, 3.05) is 6.54 Å². The van der Waals surface area contributed by atoms with Crippen LogP contribution in [-0.4, -0.2) is 6.54 Å². The SMILES string of the molecule is CC1CCCCC1CNCc1ccc(C#N)cc1Cl. The summed E-state index contributed by atoms with van der Waals surface area (Å²) < 4.78 is 0. The van der Waals surface area contributed by atoms with Gasteiger partial charge in [0.2, 0.25) is 0 Å². The lowest BCUT2D eigenvalue weighted by molar-refractivity contribution is 0.247. The summed E-state index contributed by atoms with van der Waals surface area (Å²) >= 11 is 6.17. The van der Waals surface area contributed by atoms with Crippen molar-refractivity contribution in [3.8, 4) is 6.07 Å². The zero-order valence-electron chi connectivity index (χ0n) is 11.5. The van der Waals surface area contributed by atoms with Gasteiger partial charge < -0.3 is 5.32 Å². The minimum atomic E-state index is 0.620. The third-order valence-electron chi connectivity index (χ3n) is 4.19. The maximum Gasteiger partial charge on any atom is 0.0992 e. The molecule has 1 N–H and O–H groups in total. The molecule has 1 aromatic carbocycles. The predicted octanol–water partition coefficient (Wildman–Crippen LogP) is 4.13. The van der Waals surface area contributed by atoms with Crippen molar-refractivity contribution in [3.63, 3.8) is 0 Å². The first-order chi connectivity index (χ1) is 9.20. The van der Waals surface area contributed by atoms with Crippen molar-refractivity contribution in [2.24, 2.45) is 11.8 Å². The number of nitriles is 1. The van der Waals surface area contributed by atoms with E-state index < -0.39 is 0 Å². The molecule has 0 saturated heterocycles. The smallest absolute Gasteiger partial charge is 0.0992 e. The summed E-state index contributed by atoms with van der Waals surface area (Å²) in [6.45, 7) is 4.21. The van der Waals surface area contributed by atoms with E-state index in [1.54, 1.807) is 6.07 Å². The largest absolute Gasteiger partial charge is 0.312 e. The summed E-state index contributed by atoms with van der Waals surface area (Å²) in [7, 11) is 0. The summed E-state index contributed by atoms with van der Waals surface area (Å²) in [5.74, 6) is 1.63. The normalized spacial score (nSPS) is 23.0. The third kappa shape index (κ3) is 3.96. The van der Waals surface area contributed by atoms with Gasteiger partial charge in [0.15, 0.2) is 0 Å². The van der Waals surface area contributed by atoms with Crippen LogP contribution in [-0.2, 0) is 6.54 Å². The highest BCUT2D eigenvalue weighted by molar-refractivity contribution is 6.31. The summed E-state index contributed by atoms with van der Waals surface area (Å²) in [4.78, 5) is 0. The van der Waals surface area contributed by atoms with E-state index in [-0.39, 0.29) is 0 Å². The molecule has 0 spiro atoms. The quantitative estimate of drug-likeness (QED) is 0.898. The first kappa shape index (κ1) is 14.4. The van der Waals surface area contributed by atoms with Gasteiger partial charge in [0.05, 0.1) is 11.6 Å². The van der Waals surface area contributed by atoms with Crippen LogP contribution in [0.15, 0.2) is 18.2 Å². The molecule has 1 fully saturated rings. The van der Waals surface area contributed by atoms with Gasteiger partial charge in [-0.15, -0.1) is 0 Å². The molecule has 1 aromatic rings. The number of hydrogen-bond acceptors (Lipinski definition) is 2. The van der Waals surface area contributed by atoms with Gasteiger partial charge in [0.25, 0.3) is 0 Å². The zero-order chi connectivity index (χ0) is 13.7. The molecule has 19 heavy (non-hydrogen) atoms. The van der Waals surface area contributed by atoms with Crippen molar-refractivity contribution in [1.82, 2.24) is 5.32 Å². The Hall–Kier alpha value is -1.04. The fourth-order valence-corrected chi connectivity index (χ4v) is 3.10. The van der Waals surface area contributed by atoms with Crippen LogP contribution in [0.2, 0.25) is 5.02 Å². The average molecular weight is 277 g/mol. The maximum atomic E-state index is 8.80. The minimum absolute atomic E-state index is 0.620. The van der Waals surface area contributed by atoms with Gasteiger partial charge in [0.1, 0.15) is 0 Å². The van der Waals surface area contributed by atoms with Gasteiger partial charge >= 0.3 is 0 Å². The number of hydrogen-bond donors (Lipinski definition) is 1. The van der Waals surface area contributed by atoms with E-state index in [9.17, 15) is 0 Å². The van der Waals surface area contributed by atoms with Gasteiger partial charge in [-0.05, 0) is 42.5 Å². The predicted molar refractivity (Wildman–Crippen MR) is 79.0 cm³/mol. The molecule has 3 heteroatoms. The van der Waals surface area contributed by atoms with Crippen LogP contribution in [0.1, 0.15) is 43.7 Å². The molecule has 0 radical (unpaired) electrons. The molecule has 1 aliphatic rings. The van der Waals surface area contributed by atoms with Crippen molar-refractivity contribution in [1.29, 1.82) is 5.26 Å². The van der Waals surface area contributed by atoms with E-state index in [2.05, 4.69) is 18.3 Å². The molecule has 2 nitrogen and oxygen atoms in total. The molecule has 2 atom stereocenters. The van der Waals surface area contributed by atoms with Crippen LogP contribution in [0.5, 0.6) is 0 Å². The Kier molecular flexibility index (Phi) is 5.24. The van der Waals surface area contributed by atoms with Gasteiger partial charge in [-0.2, -0.15) is 5.26 Å². The van der Waals surface area contributed by atoms with E-state index in [0.29, 0.717) is 10.6 Å². The molecule has 0 bridgehead atoms. The molecule has 2 unspecified atom stereocenters. The lowest BCUT2D eigenvalue weighted by Crippen LogP contribution is -2.29. The second-order valence-corrected chi connectivity index (χ2v) is 5.98. The molecular weight excluding hydrogens is 256 g/mol. The molecule has 0 aromatic heterocycles. The van der Waals surface area contributed by atoms with Crippen LogP contribution in [0.4, 0.5) is 0 Å². The van der Waals surface area contributed by atoms with Gasteiger partial charge in [-0.3, -0.25) is 0 Å².